The van der Waals surface area contributed by atoms with Crippen LogP contribution < -0.4 is 4.72 Å². The Hall–Kier alpha value is -0.920. The number of carboxylic acid groups (broad SMARTS) is 1. The van der Waals surface area contributed by atoms with Gasteiger partial charge in [0.2, 0.25) is 10.0 Å². The average molecular weight is 277 g/mol. The van der Waals surface area contributed by atoms with Crippen LogP contribution >= 0.6 is 11.3 Å². The molecule has 1 heterocycles. The molecule has 0 amide bonds. The molecule has 0 saturated carbocycles. The summed E-state index contributed by atoms with van der Waals surface area (Å²) in [5.41, 5.74) is -0.202. The number of carbonyl (C=O) groups is 1. The fraction of sp³-hybridized carbons (Fsp3) is 0.500. The summed E-state index contributed by atoms with van der Waals surface area (Å²) in [6.07, 6.45) is 0. The second-order valence-corrected chi connectivity index (χ2v) is 7.46. The highest BCUT2D eigenvalue weighted by Crippen LogP contribution is 2.22. The molecule has 1 aromatic heterocycles. The van der Waals surface area contributed by atoms with Gasteiger partial charge in [0.25, 0.3) is 0 Å². The SMILES string of the molecule is CC(C)(C)CNS(=O)(=O)c1ccsc1C(=O)O. The van der Waals surface area contributed by atoms with Gasteiger partial charge in [-0.05, 0) is 16.9 Å². The van der Waals surface area contributed by atoms with Crippen molar-refractivity contribution in [2.24, 2.45) is 5.41 Å². The molecular formula is C10H15NO4S2. The number of aromatic carboxylic acids is 1. The van der Waals surface area contributed by atoms with Crippen LogP contribution in [0, 0.1) is 5.41 Å². The molecule has 17 heavy (non-hydrogen) atoms. The number of rotatable bonds is 4. The number of hydrogen-bond acceptors (Lipinski definition) is 4. The summed E-state index contributed by atoms with van der Waals surface area (Å²) in [7, 11) is -3.75. The molecule has 1 aromatic rings. The molecule has 0 aliphatic heterocycles. The molecule has 0 atom stereocenters. The Bertz CT molecular complexity index is 511. The van der Waals surface area contributed by atoms with Gasteiger partial charge in [0.1, 0.15) is 9.77 Å². The molecule has 7 heteroatoms. The Kier molecular flexibility index (Phi) is 3.95. The van der Waals surface area contributed by atoms with Crippen LogP contribution in [0.5, 0.6) is 0 Å². The van der Waals surface area contributed by atoms with Gasteiger partial charge in [-0.2, -0.15) is 0 Å². The number of hydrogen-bond donors (Lipinski definition) is 2. The molecule has 0 fully saturated rings. The fourth-order valence-corrected chi connectivity index (χ4v) is 3.60. The first kappa shape index (κ1) is 14.1. The minimum atomic E-state index is -3.75. The Morgan fingerprint density at radius 3 is 2.53 bits per heavy atom. The maximum atomic E-state index is 11.9. The third-order valence-electron chi connectivity index (χ3n) is 1.91. The molecular weight excluding hydrogens is 262 g/mol. The Labute approximate surface area is 105 Å². The number of thiophene rings is 1. The normalized spacial score (nSPS) is 12.6. The van der Waals surface area contributed by atoms with Crippen molar-refractivity contribution in [1.29, 1.82) is 0 Å². The van der Waals surface area contributed by atoms with Crippen molar-refractivity contribution < 1.29 is 18.3 Å². The van der Waals surface area contributed by atoms with Crippen molar-refractivity contribution in [3.8, 4) is 0 Å². The van der Waals surface area contributed by atoms with Crippen LogP contribution in [0.15, 0.2) is 16.3 Å². The highest BCUT2D eigenvalue weighted by Gasteiger charge is 2.25. The first-order valence-corrected chi connectivity index (χ1v) is 7.30. The summed E-state index contributed by atoms with van der Waals surface area (Å²) in [5, 5.41) is 10.3. The minimum absolute atomic E-state index is 0.161. The standard InChI is InChI=1S/C10H15NO4S2/c1-10(2,3)6-11-17(14,15)7-4-5-16-8(7)9(12)13/h4-5,11H,6H2,1-3H3,(H,12,13). The summed E-state index contributed by atoms with van der Waals surface area (Å²) in [6.45, 7) is 5.92. The molecule has 0 unspecified atom stereocenters. The predicted octanol–water partition coefficient (Wildman–Crippen LogP) is 1.77. The molecule has 5 nitrogen and oxygen atoms in total. The molecule has 0 bridgehead atoms. The fourth-order valence-electron chi connectivity index (χ4n) is 1.05. The van der Waals surface area contributed by atoms with Crippen molar-refractivity contribution in [1.82, 2.24) is 4.72 Å². The van der Waals surface area contributed by atoms with Gasteiger partial charge in [-0.15, -0.1) is 11.3 Å². The highest BCUT2D eigenvalue weighted by molar-refractivity contribution is 7.89. The summed E-state index contributed by atoms with van der Waals surface area (Å²) in [5.74, 6) is -1.23. The van der Waals surface area contributed by atoms with E-state index in [1.54, 1.807) is 0 Å². The minimum Gasteiger partial charge on any atom is -0.477 e. The lowest BCUT2D eigenvalue weighted by Gasteiger charge is -2.18. The maximum Gasteiger partial charge on any atom is 0.347 e. The van der Waals surface area contributed by atoms with Gasteiger partial charge in [-0.1, -0.05) is 20.8 Å². The van der Waals surface area contributed by atoms with Crippen LogP contribution in [0.2, 0.25) is 0 Å². The van der Waals surface area contributed by atoms with Crippen molar-refractivity contribution >= 4 is 27.3 Å². The molecule has 96 valence electrons. The number of carboxylic acids is 1. The van der Waals surface area contributed by atoms with E-state index in [1.165, 1.54) is 11.4 Å². The first-order valence-electron chi connectivity index (χ1n) is 4.94. The summed E-state index contributed by atoms with van der Waals surface area (Å²) >= 11 is 0.899. The Morgan fingerprint density at radius 2 is 2.06 bits per heavy atom. The second-order valence-electron chi connectivity index (χ2n) is 4.80. The summed E-state index contributed by atoms with van der Waals surface area (Å²) in [4.78, 5) is 10.5. The average Bonchev–Trinajstić information content (AvgIpc) is 2.62. The van der Waals surface area contributed by atoms with E-state index < -0.39 is 16.0 Å². The third-order valence-corrected chi connectivity index (χ3v) is 4.38. The lowest BCUT2D eigenvalue weighted by atomic mass is 9.98. The van der Waals surface area contributed by atoms with Crippen LogP contribution in [-0.4, -0.2) is 26.0 Å². The molecule has 0 aliphatic carbocycles. The van der Waals surface area contributed by atoms with E-state index in [-0.39, 0.29) is 21.7 Å². The van der Waals surface area contributed by atoms with Crippen molar-refractivity contribution in [3.05, 3.63) is 16.3 Å². The van der Waals surface area contributed by atoms with Crippen LogP contribution in [0.4, 0.5) is 0 Å². The van der Waals surface area contributed by atoms with Gasteiger partial charge in [0, 0.05) is 6.54 Å². The highest BCUT2D eigenvalue weighted by atomic mass is 32.2. The van der Waals surface area contributed by atoms with E-state index in [0.29, 0.717) is 0 Å². The van der Waals surface area contributed by atoms with Gasteiger partial charge in [-0.3, -0.25) is 0 Å². The van der Waals surface area contributed by atoms with Gasteiger partial charge in [-0.25, -0.2) is 17.9 Å². The molecule has 0 spiro atoms. The Balaban J connectivity index is 2.98. The maximum absolute atomic E-state index is 11.9. The molecule has 0 saturated heterocycles. The Morgan fingerprint density at radius 1 is 1.47 bits per heavy atom. The van der Waals surface area contributed by atoms with E-state index >= 15 is 0 Å². The zero-order chi connectivity index (χ0) is 13.3. The van der Waals surface area contributed by atoms with Crippen molar-refractivity contribution in [2.75, 3.05) is 6.54 Å². The first-order chi connectivity index (χ1) is 7.63. The van der Waals surface area contributed by atoms with Crippen LogP contribution in [0.25, 0.3) is 0 Å². The van der Waals surface area contributed by atoms with E-state index in [4.69, 9.17) is 5.11 Å². The van der Waals surface area contributed by atoms with E-state index in [0.717, 1.165) is 11.3 Å². The van der Waals surface area contributed by atoms with E-state index in [1.807, 2.05) is 20.8 Å². The van der Waals surface area contributed by atoms with Gasteiger partial charge < -0.3 is 5.11 Å². The summed E-state index contributed by atoms with van der Waals surface area (Å²) in [6, 6.07) is 1.30. The van der Waals surface area contributed by atoms with Crippen LogP contribution in [-0.2, 0) is 10.0 Å². The monoisotopic (exact) mass is 277 g/mol. The van der Waals surface area contributed by atoms with E-state index in [9.17, 15) is 13.2 Å². The smallest absolute Gasteiger partial charge is 0.347 e. The zero-order valence-electron chi connectivity index (χ0n) is 9.85. The van der Waals surface area contributed by atoms with E-state index in [2.05, 4.69) is 4.72 Å². The van der Waals surface area contributed by atoms with Crippen LogP contribution in [0.1, 0.15) is 30.4 Å². The third kappa shape index (κ3) is 3.79. The van der Waals surface area contributed by atoms with Crippen molar-refractivity contribution in [2.45, 2.75) is 25.7 Å². The van der Waals surface area contributed by atoms with Gasteiger partial charge in [0.05, 0.1) is 0 Å². The van der Waals surface area contributed by atoms with Crippen molar-refractivity contribution in [3.63, 3.8) is 0 Å². The molecule has 0 aromatic carbocycles. The topological polar surface area (TPSA) is 83.5 Å². The zero-order valence-corrected chi connectivity index (χ0v) is 11.5. The number of nitrogens with one attached hydrogen (secondary N) is 1. The molecule has 2 N–H and O–H groups in total. The van der Waals surface area contributed by atoms with Gasteiger partial charge in [0.15, 0.2) is 0 Å². The second kappa shape index (κ2) is 4.75. The molecule has 1 rings (SSSR count). The quantitative estimate of drug-likeness (QED) is 0.878. The van der Waals surface area contributed by atoms with Crippen LogP contribution in [0.3, 0.4) is 0 Å². The number of sulfonamides is 1. The largest absolute Gasteiger partial charge is 0.477 e. The molecule has 0 aliphatic rings. The lowest BCUT2D eigenvalue weighted by Crippen LogP contribution is -2.32. The molecule has 0 radical (unpaired) electrons. The predicted molar refractivity (Wildman–Crippen MR) is 65.9 cm³/mol. The lowest BCUT2D eigenvalue weighted by molar-refractivity contribution is 0.0698. The van der Waals surface area contributed by atoms with Gasteiger partial charge >= 0.3 is 5.97 Å². The summed E-state index contributed by atoms with van der Waals surface area (Å²) < 4.78 is 26.2.